The minimum Gasteiger partial charge on any atom is -0.496 e. The highest BCUT2D eigenvalue weighted by Gasteiger charge is 2.26. The molecule has 110 valence electrons. The molecule has 0 N–H and O–H groups in total. The van der Waals surface area contributed by atoms with Crippen LogP contribution in [0.5, 0.6) is 5.75 Å². The third-order valence-electron chi connectivity index (χ3n) is 3.87. The Bertz CT molecular complexity index is 473. The summed E-state index contributed by atoms with van der Waals surface area (Å²) in [6.07, 6.45) is 1.96. The van der Waals surface area contributed by atoms with E-state index in [9.17, 15) is 4.79 Å². The summed E-state index contributed by atoms with van der Waals surface area (Å²) >= 11 is 0. The van der Waals surface area contributed by atoms with Crippen LogP contribution in [0, 0.1) is 12.8 Å². The summed E-state index contributed by atoms with van der Waals surface area (Å²) in [5.74, 6) is 0.825. The highest BCUT2D eigenvalue weighted by Crippen LogP contribution is 2.25. The predicted molar refractivity (Wildman–Crippen MR) is 77.7 cm³/mol. The van der Waals surface area contributed by atoms with Gasteiger partial charge >= 0.3 is 5.97 Å². The molecule has 2 rings (SSSR count). The number of benzene rings is 1. The zero-order valence-corrected chi connectivity index (χ0v) is 12.5. The molecule has 1 aliphatic heterocycles. The number of piperidine rings is 1. The monoisotopic (exact) mass is 277 g/mol. The molecule has 1 aromatic carbocycles. The van der Waals surface area contributed by atoms with Gasteiger partial charge in [0.25, 0.3) is 0 Å². The molecule has 0 aliphatic carbocycles. The molecule has 0 saturated carbocycles. The first-order valence-corrected chi connectivity index (χ1v) is 7.07. The summed E-state index contributed by atoms with van der Waals surface area (Å²) in [6, 6.07) is 6.21. The number of hydrogen-bond donors (Lipinski definition) is 0. The molecule has 0 unspecified atom stereocenters. The Morgan fingerprint density at radius 3 is 2.90 bits per heavy atom. The van der Waals surface area contributed by atoms with Gasteiger partial charge < -0.3 is 9.47 Å². The number of methoxy groups -OCH3 is 2. The number of rotatable bonds is 4. The molecule has 1 atom stereocenters. The Morgan fingerprint density at radius 1 is 1.40 bits per heavy atom. The van der Waals surface area contributed by atoms with Crippen LogP contribution in [0.15, 0.2) is 18.2 Å². The van der Waals surface area contributed by atoms with Crippen molar-refractivity contribution in [1.29, 1.82) is 0 Å². The van der Waals surface area contributed by atoms with E-state index in [0.717, 1.165) is 38.2 Å². The zero-order valence-electron chi connectivity index (χ0n) is 12.5. The van der Waals surface area contributed by atoms with E-state index < -0.39 is 0 Å². The highest BCUT2D eigenvalue weighted by atomic mass is 16.5. The van der Waals surface area contributed by atoms with Crippen molar-refractivity contribution >= 4 is 5.97 Å². The smallest absolute Gasteiger partial charge is 0.309 e. The second-order valence-electron chi connectivity index (χ2n) is 5.41. The van der Waals surface area contributed by atoms with Crippen molar-refractivity contribution in [3.63, 3.8) is 0 Å². The highest BCUT2D eigenvalue weighted by molar-refractivity contribution is 5.72. The van der Waals surface area contributed by atoms with Gasteiger partial charge in [0.1, 0.15) is 5.75 Å². The van der Waals surface area contributed by atoms with Crippen LogP contribution in [0.25, 0.3) is 0 Å². The second-order valence-corrected chi connectivity index (χ2v) is 5.41. The number of carbonyl (C=O) groups excluding carboxylic acids is 1. The first kappa shape index (κ1) is 14.9. The van der Waals surface area contributed by atoms with Crippen molar-refractivity contribution in [2.45, 2.75) is 26.3 Å². The van der Waals surface area contributed by atoms with Crippen molar-refractivity contribution in [3.8, 4) is 5.75 Å². The molecule has 1 aromatic rings. The molecule has 0 radical (unpaired) electrons. The molecule has 4 heteroatoms. The number of esters is 1. The zero-order chi connectivity index (χ0) is 14.5. The molecule has 0 spiro atoms. The van der Waals surface area contributed by atoms with Crippen molar-refractivity contribution in [2.75, 3.05) is 27.3 Å². The maximum absolute atomic E-state index is 11.7. The van der Waals surface area contributed by atoms with Crippen LogP contribution in [-0.2, 0) is 16.1 Å². The van der Waals surface area contributed by atoms with Gasteiger partial charge in [-0.2, -0.15) is 0 Å². The molecule has 0 bridgehead atoms. The van der Waals surface area contributed by atoms with Crippen LogP contribution in [0.1, 0.15) is 24.0 Å². The van der Waals surface area contributed by atoms with Crippen LogP contribution in [0.3, 0.4) is 0 Å². The molecule has 4 nitrogen and oxygen atoms in total. The van der Waals surface area contributed by atoms with E-state index in [1.165, 1.54) is 18.2 Å². The molecular weight excluding hydrogens is 254 g/mol. The molecule has 1 saturated heterocycles. The topological polar surface area (TPSA) is 38.8 Å². The number of hydrogen-bond acceptors (Lipinski definition) is 4. The Balaban J connectivity index is 2.06. The Morgan fingerprint density at radius 2 is 2.20 bits per heavy atom. The van der Waals surface area contributed by atoms with Gasteiger partial charge in [0.05, 0.1) is 20.1 Å². The Kier molecular flexibility index (Phi) is 5.01. The molecule has 1 aliphatic rings. The Hall–Kier alpha value is -1.55. The van der Waals surface area contributed by atoms with Gasteiger partial charge in [-0.15, -0.1) is 0 Å². The fourth-order valence-electron chi connectivity index (χ4n) is 2.83. The molecule has 20 heavy (non-hydrogen) atoms. The van der Waals surface area contributed by atoms with E-state index in [-0.39, 0.29) is 11.9 Å². The lowest BCUT2D eigenvalue weighted by atomic mass is 9.97. The summed E-state index contributed by atoms with van der Waals surface area (Å²) < 4.78 is 10.3. The van der Waals surface area contributed by atoms with Crippen molar-refractivity contribution in [1.82, 2.24) is 4.90 Å². The van der Waals surface area contributed by atoms with E-state index in [1.54, 1.807) is 7.11 Å². The van der Waals surface area contributed by atoms with Crippen LogP contribution < -0.4 is 4.74 Å². The van der Waals surface area contributed by atoms with Crippen LogP contribution in [0.2, 0.25) is 0 Å². The van der Waals surface area contributed by atoms with Gasteiger partial charge in [-0.05, 0) is 32.4 Å². The number of likely N-dealkylation sites (tertiary alicyclic amines) is 1. The number of carbonyl (C=O) groups is 1. The lowest BCUT2D eigenvalue weighted by Crippen LogP contribution is -2.38. The average molecular weight is 277 g/mol. The van der Waals surface area contributed by atoms with Crippen molar-refractivity contribution < 1.29 is 14.3 Å². The predicted octanol–water partition coefficient (Wildman–Crippen LogP) is 2.39. The third kappa shape index (κ3) is 3.51. The normalized spacial score (nSPS) is 19.6. The largest absolute Gasteiger partial charge is 0.496 e. The minimum absolute atomic E-state index is 0.00422. The molecule has 0 amide bonds. The molecular formula is C16H23NO3. The van der Waals surface area contributed by atoms with E-state index >= 15 is 0 Å². The van der Waals surface area contributed by atoms with Crippen molar-refractivity contribution in [2.24, 2.45) is 5.92 Å². The van der Waals surface area contributed by atoms with Gasteiger partial charge in [0, 0.05) is 18.7 Å². The fraction of sp³-hybridized carbons (Fsp3) is 0.562. The molecule has 1 heterocycles. The average Bonchev–Trinajstić information content (AvgIpc) is 2.47. The van der Waals surface area contributed by atoms with Gasteiger partial charge in [0.15, 0.2) is 0 Å². The lowest BCUT2D eigenvalue weighted by molar-refractivity contribution is -0.147. The van der Waals surface area contributed by atoms with Crippen LogP contribution in [-0.4, -0.2) is 38.2 Å². The first-order chi connectivity index (χ1) is 9.63. The van der Waals surface area contributed by atoms with E-state index in [0.29, 0.717) is 0 Å². The summed E-state index contributed by atoms with van der Waals surface area (Å²) in [4.78, 5) is 14.0. The summed E-state index contributed by atoms with van der Waals surface area (Å²) in [5.41, 5.74) is 2.40. The molecule has 0 aromatic heterocycles. The lowest BCUT2D eigenvalue weighted by Gasteiger charge is -2.31. The minimum atomic E-state index is -0.0918. The van der Waals surface area contributed by atoms with E-state index in [1.807, 2.05) is 6.07 Å². The van der Waals surface area contributed by atoms with Gasteiger partial charge in [0.2, 0.25) is 0 Å². The van der Waals surface area contributed by atoms with Gasteiger partial charge in [-0.3, -0.25) is 9.69 Å². The summed E-state index contributed by atoms with van der Waals surface area (Å²) in [6.45, 7) is 4.68. The Labute approximate surface area is 120 Å². The second kappa shape index (κ2) is 6.75. The third-order valence-corrected chi connectivity index (χ3v) is 3.87. The van der Waals surface area contributed by atoms with Gasteiger partial charge in [-0.25, -0.2) is 0 Å². The first-order valence-electron chi connectivity index (χ1n) is 7.07. The maximum atomic E-state index is 11.7. The molecule has 1 fully saturated rings. The summed E-state index contributed by atoms with van der Waals surface area (Å²) in [5, 5.41) is 0. The van der Waals surface area contributed by atoms with Crippen molar-refractivity contribution in [3.05, 3.63) is 29.3 Å². The summed E-state index contributed by atoms with van der Waals surface area (Å²) in [7, 11) is 3.16. The van der Waals surface area contributed by atoms with E-state index in [4.69, 9.17) is 9.47 Å². The number of ether oxygens (including phenoxy) is 2. The number of aryl methyl sites for hydroxylation is 1. The van der Waals surface area contributed by atoms with Crippen LogP contribution in [0.4, 0.5) is 0 Å². The van der Waals surface area contributed by atoms with Crippen LogP contribution >= 0.6 is 0 Å². The standard InChI is InChI=1S/C16H23NO3/c1-12-6-7-15(19-2)14(9-12)11-17-8-4-5-13(10-17)16(18)20-3/h6-7,9,13H,4-5,8,10-11H2,1-3H3/t13-/m0/s1. The number of nitrogens with zero attached hydrogens (tertiary/aromatic N) is 1. The quantitative estimate of drug-likeness (QED) is 0.792. The maximum Gasteiger partial charge on any atom is 0.309 e. The fourth-order valence-corrected chi connectivity index (χ4v) is 2.83. The van der Waals surface area contributed by atoms with Gasteiger partial charge in [-0.1, -0.05) is 17.7 Å². The van der Waals surface area contributed by atoms with E-state index in [2.05, 4.69) is 24.0 Å². The SMILES string of the molecule is COC(=O)[C@H]1CCCN(Cc2cc(C)ccc2OC)C1.